The summed E-state index contributed by atoms with van der Waals surface area (Å²) < 4.78 is 6.25. The standard InChI is InChI=1S/C34H28.2CH3.Zr/c1-19-15-29-27-7-3-5-21-9-11-23(33(21)27)17-31(29)25(19)13-14-26-20(2)16-30-28-8-4-6-22-10-12-24(34(22)28)18-32(26)30;;;/h3-8,15-18H,9-14H2,1-2H3;2*1H3;. The number of hydrogen-bond acceptors (Lipinski definition) is 0. The van der Waals surface area contributed by atoms with Crippen LogP contribution in [0.3, 0.4) is 0 Å². The second-order valence-corrected chi connectivity index (χ2v) is 25.4. The van der Waals surface area contributed by atoms with Crippen molar-refractivity contribution in [1.29, 1.82) is 0 Å². The van der Waals surface area contributed by atoms with Crippen molar-refractivity contribution < 1.29 is 20.3 Å². The van der Waals surface area contributed by atoms with Crippen molar-refractivity contribution >= 4 is 33.7 Å². The van der Waals surface area contributed by atoms with Gasteiger partial charge in [-0.05, 0) is 0 Å². The van der Waals surface area contributed by atoms with Gasteiger partial charge in [0.2, 0.25) is 0 Å². The molecule has 2 spiro atoms. The van der Waals surface area contributed by atoms with Crippen LogP contribution in [0.1, 0.15) is 71.2 Å². The molecule has 2 atom stereocenters. The SMILES string of the molecule is CC1=Cc2c(cc3c4c(cccc24)CC3)[C]12CC[C]1(C(C)=Cc3c1cc1c4c(cccc34)CC1)[Zr]2([CH3])[CH3]. The van der Waals surface area contributed by atoms with Crippen molar-refractivity contribution in [3.8, 4) is 0 Å². The molecule has 37 heavy (non-hydrogen) atoms. The molecule has 9 rings (SSSR count). The first-order valence-corrected chi connectivity index (χ1v) is 21.8. The van der Waals surface area contributed by atoms with Gasteiger partial charge in [-0.2, -0.15) is 0 Å². The molecule has 4 aromatic rings. The Balaban J connectivity index is 1.33. The van der Waals surface area contributed by atoms with Gasteiger partial charge in [0.1, 0.15) is 0 Å². The van der Waals surface area contributed by atoms with E-state index in [1.807, 2.05) is 0 Å². The van der Waals surface area contributed by atoms with Crippen LogP contribution in [0.15, 0.2) is 59.7 Å². The van der Waals surface area contributed by atoms with E-state index in [1.165, 1.54) is 49.3 Å². The molecular formula is C36H34Zr. The normalized spacial score (nSPS) is 27.6. The van der Waals surface area contributed by atoms with Gasteiger partial charge in [0.25, 0.3) is 0 Å². The van der Waals surface area contributed by atoms with Crippen LogP contribution < -0.4 is 0 Å². The van der Waals surface area contributed by atoms with Crippen molar-refractivity contribution in [2.24, 2.45) is 0 Å². The summed E-state index contributed by atoms with van der Waals surface area (Å²) in [6.07, 6.45) is 12.8. The first-order chi connectivity index (χ1) is 17.9. The monoisotopic (exact) mass is 556 g/mol. The summed E-state index contributed by atoms with van der Waals surface area (Å²) in [6.45, 7) is 5.00. The number of fused-ring (bicyclic) bond motifs is 6. The van der Waals surface area contributed by atoms with Crippen molar-refractivity contribution in [2.45, 2.75) is 67.9 Å². The van der Waals surface area contributed by atoms with Gasteiger partial charge in [0, 0.05) is 0 Å². The Morgan fingerprint density at radius 2 is 1.03 bits per heavy atom. The van der Waals surface area contributed by atoms with Gasteiger partial charge in [-0.15, -0.1) is 0 Å². The molecule has 0 aromatic heterocycles. The van der Waals surface area contributed by atoms with E-state index in [-0.39, 0.29) is 0 Å². The summed E-state index contributed by atoms with van der Waals surface area (Å²) in [5.74, 6) is 0. The molecule has 1 fully saturated rings. The van der Waals surface area contributed by atoms with E-state index in [9.17, 15) is 0 Å². The molecule has 0 amide bonds. The molecule has 2 unspecified atom stereocenters. The molecule has 4 aliphatic carbocycles. The fourth-order valence-electron chi connectivity index (χ4n) is 10.5. The van der Waals surface area contributed by atoms with Crippen LogP contribution in [-0.4, -0.2) is 0 Å². The van der Waals surface area contributed by atoms with Crippen molar-refractivity contribution in [2.75, 3.05) is 0 Å². The zero-order chi connectivity index (χ0) is 24.9. The molecule has 5 aliphatic rings. The molecular weight excluding hydrogens is 524 g/mol. The third kappa shape index (κ3) is 2.19. The minimum atomic E-state index is -2.99. The van der Waals surface area contributed by atoms with Crippen molar-refractivity contribution in [3.63, 3.8) is 0 Å². The molecule has 0 radical (unpaired) electrons. The number of hydrogen-bond donors (Lipinski definition) is 0. The Labute approximate surface area is 224 Å². The first-order valence-electron chi connectivity index (χ1n) is 14.4. The number of benzene rings is 4. The Kier molecular flexibility index (Phi) is 3.90. The third-order valence-electron chi connectivity index (χ3n) is 12.1. The predicted molar refractivity (Wildman–Crippen MR) is 154 cm³/mol. The summed E-state index contributed by atoms with van der Waals surface area (Å²) in [7, 11) is 0. The van der Waals surface area contributed by atoms with Crippen LogP contribution in [0.5, 0.6) is 0 Å². The molecule has 1 heterocycles. The number of rotatable bonds is 0. The van der Waals surface area contributed by atoms with Gasteiger partial charge in [-0.25, -0.2) is 0 Å². The molecule has 0 saturated carbocycles. The van der Waals surface area contributed by atoms with Gasteiger partial charge in [0.15, 0.2) is 0 Å². The van der Waals surface area contributed by atoms with Crippen LogP contribution in [0.25, 0.3) is 33.7 Å². The Hall–Kier alpha value is -2.24. The van der Waals surface area contributed by atoms with Crippen LogP contribution >= 0.6 is 0 Å². The molecule has 1 aliphatic heterocycles. The fraction of sp³-hybridized carbons (Fsp3) is 0.333. The maximum atomic E-state index is 2.83. The van der Waals surface area contributed by atoms with Crippen LogP contribution in [0.2, 0.25) is 9.26 Å². The van der Waals surface area contributed by atoms with E-state index >= 15 is 0 Å². The first kappa shape index (κ1) is 21.7. The van der Waals surface area contributed by atoms with Crippen molar-refractivity contribution in [1.82, 2.24) is 0 Å². The zero-order valence-electron chi connectivity index (χ0n) is 22.5. The summed E-state index contributed by atoms with van der Waals surface area (Å²) in [4.78, 5) is 0. The Bertz CT molecular complexity index is 1700. The average Bonchev–Trinajstić information content (AvgIpc) is 3.67. The second-order valence-electron chi connectivity index (χ2n) is 13.3. The number of aryl methyl sites for hydroxylation is 4. The van der Waals surface area contributed by atoms with E-state index < -0.39 is 20.3 Å². The summed E-state index contributed by atoms with van der Waals surface area (Å²) in [6, 6.07) is 19.6. The van der Waals surface area contributed by atoms with E-state index in [4.69, 9.17) is 0 Å². The topological polar surface area (TPSA) is 0 Å². The summed E-state index contributed by atoms with van der Waals surface area (Å²) in [5.41, 5.74) is 16.3. The van der Waals surface area contributed by atoms with E-state index in [0.717, 1.165) is 0 Å². The summed E-state index contributed by atoms with van der Waals surface area (Å²) in [5, 5.41) is 6.23. The van der Waals surface area contributed by atoms with Crippen LogP contribution in [0, 0.1) is 0 Å². The minimum absolute atomic E-state index is 0.293. The molecule has 0 N–H and O–H groups in total. The third-order valence-corrected chi connectivity index (χ3v) is 27.0. The maximum absolute atomic E-state index is 2.99. The second kappa shape index (κ2) is 6.66. The summed E-state index contributed by atoms with van der Waals surface area (Å²) >= 11 is -2.99. The van der Waals surface area contributed by atoms with Gasteiger partial charge in [-0.1, -0.05) is 0 Å². The van der Waals surface area contributed by atoms with E-state index in [2.05, 4.69) is 83.8 Å². The molecule has 0 nitrogen and oxygen atoms in total. The zero-order valence-corrected chi connectivity index (χ0v) is 25.0. The molecule has 4 aromatic carbocycles. The number of allylic oxidation sites excluding steroid dienone is 2. The molecule has 1 saturated heterocycles. The molecule has 182 valence electrons. The van der Waals surface area contributed by atoms with Crippen LogP contribution in [-0.2, 0) is 52.2 Å². The van der Waals surface area contributed by atoms with Gasteiger partial charge in [0.05, 0.1) is 0 Å². The van der Waals surface area contributed by atoms with Gasteiger partial charge < -0.3 is 0 Å². The molecule has 1 heteroatoms. The van der Waals surface area contributed by atoms with Crippen LogP contribution in [0.4, 0.5) is 0 Å². The van der Waals surface area contributed by atoms with E-state index in [1.54, 1.807) is 66.4 Å². The van der Waals surface area contributed by atoms with E-state index in [0.29, 0.717) is 6.25 Å². The van der Waals surface area contributed by atoms with Gasteiger partial charge >= 0.3 is 226 Å². The van der Waals surface area contributed by atoms with Crippen molar-refractivity contribution in [3.05, 3.63) is 104 Å². The molecule has 0 bridgehead atoms. The predicted octanol–water partition coefficient (Wildman–Crippen LogP) is 9.16. The Morgan fingerprint density at radius 3 is 1.49 bits per heavy atom. The quantitative estimate of drug-likeness (QED) is 0.202. The Morgan fingerprint density at radius 1 is 0.595 bits per heavy atom. The fourth-order valence-corrected chi connectivity index (χ4v) is 25.5. The van der Waals surface area contributed by atoms with Gasteiger partial charge in [-0.3, -0.25) is 0 Å². The average molecular weight is 558 g/mol.